The maximum absolute atomic E-state index is 12.8. The summed E-state index contributed by atoms with van der Waals surface area (Å²) in [5, 5.41) is 17.7. The number of Topliss-reactive ketones (excluding diaryl/α,β-unsaturated/α-hetero) is 1. The number of nitrogens with two attached hydrogens (primary N) is 1. The Morgan fingerprint density at radius 3 is 2.34 bits per heavy atom. The van der Waals surface area contributed by atoms with E-state index in [9.17, 15) is 19.5 Å². The van der Waals surface area contributed by atoms with E-state index in [1.807, 2.05) is 18.2 Å². The molecule has 150 valence electrons. The summed E-state index contributed by atoms with van der Waals surface area (Å²) in [5.74, 6) is -4.13. The van der Waals surface area contributed by atoms with Crippen molar-refractivity contribution >= 4 is 29.0 Å². The van der Waals surface area contributed by atoms with Gasteiger partial charge in [-0.1, -0.05) is 30.3 Å². The van der Waals surface area contributed by atoms with Crippen molar-refractivity contribution < 1.29 is 19.5 Å². The minimum absolute atomic E-state index is 0.0173. The zero-order valence-corrected chi connectivity index (χ0v) is 15.7. The Labute approximate surface area is 167 Å². The number of hydrogen-bond acceptors (Lipinski definition) is 7. The lowest BCUT2D eigenvalue weighted by molar-refractivity contribution is -0.135. The number of ketones is 1. The SMILES string of the molecule is N=C1C=CC(C(=O)N2CCN(Cc3ccccc3)CC2)=N/C1=C(/O)C(=O)C(N)=O. The highest BCUT2D eigenvalue weighted by Gasteiger charge is 2.28. The molecule has 1 saturated heterocycles. The van der Waals surface area contributed by atoms with Gasteiger partial charge >= 0.3 is 0 Å². The number of allylic oxidation sites excluding steroid dienone is 1. The van der Waals surface area contributed by atoms with Gasteiger partial charge in [0.2, 0.25) is 0 Å². The van der Waals surface area contributed by atoms with Crippen molar-refractivity contribution in [2.75, 3.05) is 26.2 Å². The molecule has 1 aromatic rings. The van der Waals surface area contributed by atoms with Crippen molar-refractivity contribution in [3.63, 3.8) is 0 Å². The summed E-state index contributed by atoms with van der Waals surface area (Å²) in [5.41, 5.74) is 5.32. The van der Waals surface area contributed by atoms with Crippen LogP contribution in [0.25, 0.3) is 0 Å². The maximum atomic E-state index is 12.8. The number of amides is 2. The molecular formula is C20H21N5O4. The van der Waals surface area contributed by atoms with E-state index in [0.29, 0.717) is 26.2 Å². The summed E-state index contributed by atoms with van der Waals surface area (Å²) in [6.45, 7) is 3.20. The average Bonchev–Trinajstić information content (AvgIpc) is 2.74. The zero-order chi connectivity index (χ0) is 21.0. The monoisotopic (exact) mass is 395 g/mol. The maximum Gasteiger partial charge on any atom is 0.293 e. The van der Waals surface area contributed by atoms with Gasteiger partial charge in [-0.05, 0) is 17.7 Å². The number of dihydropyridines is 1. The van der Waals surface area contributed by atoms with Gasteiger partial charge < -0.3 is 15.7 Å². The largest absolute Gasteiger partial charge is 0.502 e. The molecule has 9 nitrogen and oxygen atoms in total. The van der Waals surface area contributed by atoms with Gasteiger partial charge in [0.25, 0.3) is 17.6 Å². The van der Waals surface area contributed by atoms with E-state index in [-0.39, 0.29) is 17.3 Å². The fraction of sp³-hybridized carbons (Fsp3) is 0.250. The molecule has 2 aliphatic rings. The molecule has 0 bridgehead atoms. The van der Waals surface area contributed by atoms with Gasteiger partial charge in [-0.2, -0.15) is 0 Å². The van der Waals surface area contributed by atoms with E-state index < -0.39 is 23.1 Å². The van der Waals surface area contributed by atoms with Crippen LogP contribution in [-0.4, -0.2) is 70.1 Å². The number of nitrogens with zero attached hydrogens (tertiary/aromatic N) is 3. The van der Waals surface area contributed by atoms with Crippen LogP contribution in [0.15, 0.2) is 58.9 Å². The minimum atomic E-state index is -1.37. The average molecular weight is 395 g/mol. The Bertz CT molecular complexity index is 941. The highest BCUT2D eigenvalue weighted by Crippen LogP contribution is 2.15. The number of rotatable bonds is 5. The van der Waals surface area contributed by atoms with E-state index >= 15 is 0 Å². The Morgan fingerprint density at radius 1 is 1.07 bits per heavy atom. The predicted molar refractivity (Wildman–Crippen MR) is 106 cm³/mol. The number of aliphatic hydroxyl groups is 1. The third-order valence-corrected chi connectivity index (χ3v) is 4.69. The molecule has 4 N–H and O–H groups in total. The van der Waals surface area contributed by atoms with E-state index in [0.717, 1.165) is 6.54 Å². The van der Waals surface area contributed by atoms with E-state index in [1.54, 1.807) is 4.90 Å². The van der Waals surface area contributed by atoms with Crippen LogP contribution in [0.4, 0.5) is 0 Å². The highest BCUT2D eigenvalue weighted by atomic mass is 16.3. The highest BCUT2D eigenvalue weighted by molar-refractivity contribution is 6.46. The summed E-state index contributed by atoms with van der Waals surface area (Å²) in [6, 6.07) is 10.1. The van der Waals surface area contributed by atoms with Crippen LogP contribution in [0.5, 0.6) is 0 Å². The Morgan fingerprint density at radius 2 is 1.72 bits per heavy atom. The van der Waals surface area contributed by atoms with Crippen LogP contribution >= 0.6 is 0 Å². The first-order chi connectivity index (χ1) is 13.9. The number of hydrogen-bond donors (Lipinski definition) is 3. The van der Waals surface area contributed by atoms with E-state index in [2.05, 4.69) is 22.0 Å². The number of carbonyl (C=O) groups is 3. The molecule has 29 heavy (non-hydrogen) atoms. The fourth-order valence-corrected chi connectivity index (χ4v) is 3.10. The number of benzene rings is 1. The van der Waals surface area contributed by atoms with Crippen molar-refractivity contribution in [2.45, 2.75) is 6.54 Å². The third-order valence-electron chi connectivity index (χ3n) is 4.69. The van der Waals surface area contributed by atoms with Crippen LogP contribution in [0.3, 0.4) is 0 Å². The molecule has 1 fully saturated rings. The lowest BCUT2D eigenvalue weighted by Crippen LogP contribution is -2.50. The number of aliphatic hydroxyl groups excluding tert-OH is 1. The molecule has 0 aromatic heterocycles. The second-order valence-corrected chi connectivity index (χ2v) is 6.69. The fourth-order valence-electron chi connectivity index (χ4n) is 3.10. The molecule has 2 aliphatic heterocycles. The smallest absolute Gasteiger partial charge is 0.293 e. The molecule has 3 rings (SSSR count). The minimum Gasteiger partial charge on any atom is -0.502 e. The molecule has 1 aromatic carbocycles. The van der Waals surface area contributed by atoms with Gasteiger partial charge in [-0.25, -0.2) is 4.99 Å². The molecule has 0 radical (unpaired) electrons. The van der Waals surface area contributed by atoms with Crippen molar-refractivity contribution in [2.24, 2.45) is 10.7 Å². The number of nitrogens with one attached hydrogen (secondary N) is 1. The van der Waals surface area contributed by atoms with Crippen molar-refractivity contribution in [1.82, 2.24) is 9.80 Å². The number of piperazine rings is 1. The van der Waals surface area contributed by atoms with Crippen LogP contribution in [-0.2, 0) is 20.9 Å². The van der Waals surface area contributed by atoms with Crippen LogP contribution in [0.2, 0.25) is 0 Å². The lowest BCUT2D eigenvalue weighted by atomic mass is 10.1. The normalized spacial score (nSPS) is 19.0. The second-order valence-electron chi connectivity index (χ2n) is 6.69. The van der Waals surface area contributed by atoms with Crippen molar-refractivity contribution in [3.8, 4) is 0 Å². The Hall–Kier alpha value is -3.59. The number of carbonyl (C=O) groups excluding carboxylic acids is 3. The molecule has 0 aliphatic carbocycles. The number of primary amides is 1. The zero-order valence-electron chi connectivity index (χ0n) is 15.7. The van der Waals surface area contributed by atoms with E-state index in [4.69, 9.17) is 11.1 Å². The van der Waals surface area contributed by atoms with Crippen LogP contribution < -0.4 is 5.73 Å². The van der Waals surface area contributed by atoms with Gasteiger partial charge in [-0.15, -0.1) is 0 Å². The lowest BCUT2D eigenvalue weighted by Gasteiger charge is -2.34. The molecule has 0 atom stereocenters. The van der Waals surface area contributed by atoms with Crippen LogP contribution in [0, 0.1) is 5.41 Å². The summed E-state index contributed by atoms with van der Waals surface area (Å²) in [4.78, 5) is 43.1. The van der Waals surface area contributed by atoms with Gasteiger partial charge in [0, 0.05) is 32.7 Å². The second kappa shape index (κ2) is 8.61. The topological polar surface area (TPSA) is 140 Å². The Balaban J connectivity index is 1.67. The summed E-state index contributed by atoms with van der Waals surface area (Å²) in [6.07, 6.45) is 2.60. The summed E-state index contributed by atoms with van der Waals surface area (Å²) >= 11 is 0. The number of aliphatic imine (C=N–C) groups is 1. The Kier molecular flexibility index (Phi) is 5.99. The molecule has 2 amide bonds. The molecule has 0 unspecified atom stereocenters. The van der Waals surface area contributed by atoms with Gasteiger partial charge in [0.05, 0.1) is 5.71 Å². The first-order valence-corrected chi connectivity index (χ1v) is 9.05. The first kappa shape index (κ1) is 20.2. The van der Waals surface area contributed by atoms with Crippen molar-refractivity contribution in [1.29, 1.82) is 5.41 Å². The quantitative estimate of drug-likeness (QED) is 0.371. The van der Waals surface area contributed by atoms with Crippen molar-refractivity contribution in [3.05, 3.63) is 59.5 Å². The van der Waals surface area contributed by atoms with Gasteiger partial charge in [-0.3, -0.25) is 24.7 Å². The molecular weight excluding hydrogens is 374 g/mol. The standard InChI is InChI=1S/C20H21N5O4/c21-14-6-7-15(23-16(14)17(26)18(27)19(22)28)20(29)25-10-8-24(9-11-25)12-13-4-2-1-3-5-13/h1-7,21,26H,8-12H2,(H2,22,28)/b17-16+,21-14?. The van der Waals surface area contributed by atoms with Gasteiger partial charge in [0.15, 0.2) is 5.76 Å². The molecule has 9 heteroatoms. The molecule has 2 heterocycles. The third kappa shape index (κ3) is 4.64. The molecule has 0 saturated carbocycles. The predicted octanol–water partition coefficient (Wildman–Crippen LogP) is 0.185. The van der Waals surface area contributed by atoms with E-state index in [1.165, 1.54) is 17.7 Å². The van der Waals surface area contributed by atoms with Crippen LogP contribution in [0.1, 0.15) is 5.56 Å². The summed E-state index contributed by atoms with van der Waals surface area (Å²) in [7, 11) is 0. The first-order valence-electron chi connectivity index (χ1n) is 9.05. The summed E-state index contributed by atoms with van der Waals surface area (Å²) < 4.78 is 0. The van der Waals surface area contributed by atoms with Gasteiger partial charge in [0.1, 0.15) is 11.4 Å². The molecule has 0 spiro atoms.